The van der Waals surface area contributed by atoms with Crippen molar-refractivity contribution in [2.45, 2.75) is 0 Å². The van der Waals surface area contributed by atoms with E-state index < -0.39 is 0 Å². The van der Waals surface area contributed by atoms with E-state index in [2.05, 4.69) is 213 Å². The molecule has 0 amide bonds. The monoisotopic (exact) mass is 840 g/mol. The number of nitrogens with zero attached hydrogens (tertiary/aromatic N) is 6. The van der Waals surface area contributed by atoms with Crippen molar-refractivity contribution < 1.29 is 0 Å². The lowest BCUT2D eigenvalue weighted by atomic mass is 10.0. The summed E-state index contributed by atoms with van der Waals surface area (Å²) in [5.74, 6) is 0. The molecule has 6 nitrogen and oxygen atoms in total. The van der Waals surface area contributed by atoms with Crippen LogP contribution < -0.4 is 4.90 Å². The fourth-order valence-corrected chi connectivity index (χ4v) is 10.5. The van der Waals surface area contributed by atoms with Gasteiger partial charge in [-0.3, -0.25) is 0 Å². The lowest BCUT2D eigenvalue weighted by Crippen LogP contribution is -2.09. The molecule has 6 heteroatoms. The van der Waals surface area contributed by atoms with Gasteiger partial charge in [0.1, 0.15) is 12.1 Å². The molecule has 0 fully saturated rings. The van der Waals surface area contributed by atoms with Crippen LogP contribution in [0.3, 0.4) is 0 Å². The molecular weight excluding hydrogens is 805 g/mol. The number of aromatic nitrogens is 3. The molecule has 0 spiro atoms. The van der Waals surface area contributed by atoms with Crippen molar-refractivity contribution in [1.82, 2.24) is 13.7 Å². The van der Waals surface area contributed by atoms with Gasteiger partial charge in [0.15, 0.2) is 0 Å². The third kappa shape index (κ3) is 5.40. The van der Waals surface area contributed by atoms with Gasteiger partial charge in [0, 0.05) is 55.1 Å². The highest BCUT2D eigenvalue weighted by Gasteiger charge is 2.25. The first-order chi connectivity index (χ1) is 32.7. The highest BCUT2D eigenvalue weighted by molar-refractivity contribution is 6.26. The second-order valence-corrected chi connectivity index (χ2v) is 16.7. The SMILES string of the molecule is N#Cc1cc(-n2c3ccccc3c3ccc4c(c5ccccc5n4-c4ccccc4)c32)c(C#N)cc1-n1c2ccc(N(c3ccccc3)c3ccccc3)cc2c2c3ccccc3ccc21. The first-order valence-electron chi connectivity index (χ1n) is 22.1. The Kier molecular flexibility index (Phi) is 8.24. The van der Waals surface area contributed by atoms with Crippen LogP contribution in [0, 0.1) is 22.7 Å². The first kappa shape index (κ1) is 37.2. The molecule has 10 aromatic carbocycles. The molecule has 13 rings (SSSR count). The molecule has 3 heterocycles. The third-order valence-corrected chi connectivity index (χ3v) is 13.2. The van der Waals surface area contributed by atoms with Crippen LogP contribution in [0.5, 0.6) is 0 Å². The van der Waals surface area contributed by atoms with Crippen molar-refractivity contribution >= 4 is 93.3 Å². The van der Waals surface area contributed by atoms with Gasteiger partial charge in [0.05, 0.1) is 55.6 Å². The average molecular weight is 841 g/mol. The average Bonchev–Trinajstić information content (AvgIpc) is 4.02. The maximum absolute atomic E-state index is 11.3. The van der Waals surface area contributed by atoms with Gasteiger partial charge in [0.25, 0.3) is 0 Å². The molecule has 0 radical (unpaired) electrons. The molecule has 3 aromatic heterocycles. The minimum atomic E-state index is 0.458. The van der Waals surface area contributed by atoms with Crippen LogP contribution in [0.1, 0.15) is 11.1 Å². The molecule has 0 N–H and O–H groups in total. The van der Waals surface area contributed by atoms with E-state index in [0.29, 0.717) is 22.5 Å². The van der Waals surface area contributed by atoms with Crippen LogP contribution >= 0.6 is 0 Å². The number of hydrogen-bond acceptors (Lipinski definition) is 3. The lowest BCUT2D eigenvalue weighted by molar-refractivity contribution is 1.13. The van der Waals surface area contributed by atoms with Crippen molar-refractivity contribution in [3.8, 4) is 29.2 Å². The molecular formula is C60H36N6. The molecule has 0 saturated carbocycles. The molecule has 0 aliphatic heterocycles. The summed E-state index contributed by atoms with van der Waals surface area (Å²) in [5, 5.41) is 31.3. The number of nitriles is 2. The fourth-order valence-electron chi connectivity index (χ4n) is 10.5. The minimum Gasteiger partial charge on any atom is -0.310 e. The summed E-state index contributed by atoms with van der Waals surface area (Å²) in [5.41, 5.74) is 12.4. The van der Waals surface area contributed by atoms with Gasteiger partial charge in [0.2, 0.25) is 0 Å². The normalized spacial score (nSPS) is 11.6. The summed E-state index contributed by atoms with van der Waals surface area (Å²) in [6.07, 6.45) is 0. The highest BCUT2D eigenvalue weighted by Crippen LogP contribution is 2.45. The molecule has 0 atom stereocenters. The van der Waals surface area contributed by atoms with E-state index in [-0.39, 0.29) is 0 Å². The molecule has 0 unspecified atom stereocenters. The summed E-state index contributed by atoms with van der Waals surface area (Å²) >= 11 is 0. The summed E-state index contributed by atoms with van der Waals surface area (Å²) in [4.78, 5) is 2.27. The zero-order valence-electron chi connectivity index (χ0n) is 35.5. The van der Waals surface area contributed by atoms with Crippen LogP contribution in [-0.2, 0) is 0 Å². The maximum Gasteiger partial charge on any atom is 0.101 e. The maximum atomic E-state index is 11.3. The van der Waals surface area contributed by atoms with Gasteiger partial charge >= 0.3 is 0 Å². The fraction of sp³-hybridized carbons (Fsp3) is 0. The Labute approximate surface area is 379 Å². The molecule has 0 saturated heterocycles. The van der Waals surface area contributed by atoms with Crippen LogP contribution in [0.15, 0.2) is 218 Å². The summed E-state index contributed by atoms with van der Waals surface area (Å²) in [6, 6.07) is 81.0. The number of benzene rings is 10. The van der Waals surface area contributed by atoms with Crippen molar-refractivity contribution in [3.63, 3.8) is 0 Å². The number of anilines is 3. The largest absolute Gasteiger partial charge is 0.310 e. The van der Waals surface area contributed by atoms with E-state index in [1.807, 2.05) is 36.4 Å². The van der Waals surface area contributed by atoms with E-state index in [1.165, 1.54) is 0 Å². The van der Waals surface area contributed by atoms with Crippen LogP contribution in [-0.4, -0.2) is 13.7 Å². The number of hydrogen-bond donors (Lipinski definition) is 0. The van der Waals surface area contributed by atoms with E-state index >= 15 is 0 Å². The Balaban J connectivity index is 1.10. The van der Waals surface area contributed by atoms with Crippen molar-refractivity contribution in [2.24, 2.45) is 0 Å². The summed E-state index contributed by atoms with van der Waals surface area (Å²) in [6.45, 7) is 0. The van der Waals surface area contributed by atoms with Crippen molar-refractivity contribution in [3.05, 3.63) is 230 Å². The summed E-state index contributed by atoms with van der Waals surface area (Å²) < 4.78 is 6.71. The molecule has 13 aromatic rings. The minimum absolute atomic E-state index is 0.458. The third-order valence-electron chi connectivity index (χ3n) is 13.2. The summed E-state index contributed by atoms with van der Waals surface area (Å²) in [7, 11) is 0. The van der Waals surface area contributed by atoms with Crippen LogP contribution in [0.25, 0.3) is 93.3 Å². The topological polar surface area (TPSA) is 65.6 Å². The zero-order chi connectivity index (χ0) is 43.9. The lowest BCUT2D eigenvalue weighted by Gasteiger charge is -2.25. The van der Waals surface area contributed by atoms with Gasteiger partial charge < -0.3 is 18.6 Å². The quantitative estimate of drug-likeness (QED) is 0.167. The second-order valence-electron chi connectivity index (χ2n) is 16.7. The molecule has 306 valence electrons. The Morgan fingerprint density at radius 1 is 0.333 bits per heavy atom. The molecule has 66 heavy (non-hydrogen) atoms. The number of rotatable bonds is 6. The van der Waals surface area contributed by atoms with Gasteiger partial charge in [-0.15, -0.1) is 0 Å². The van der Waals surface area contributed by atoms with Crippen molar-refractivity contribution in [2.75, 3.05) is 4.90 Å². The van der Waals surface area contributed by atoms with Gasteiger partial charge in [-0.05, 0) is 102 Å². The number of para-hydroxylation sites is 5. The predicted molar refractivity (Wildman–Crippen MR) is 271 cm³/mol. The predicted octanol–water partition coefficient (Wildman–Crippen LogP) is 15.3. The molecule has 0 bridgehead atoms. The molecule has 0 aliphatic rings. The van der Waals surface area contributed by atoms with Crippen LogP contribution in [0.2, 0.25) is 0 Å². The van der Waals surface area contributed by atoms with E-state index in [4.69, 9.17) is 0 Å². The van der Waals surface area contributed by atoms with Gasteiger partial charge in [-0.1, -0.05) is 127 Å². The Morgan fingerprint density at radius 3 is 1.53 bits per heavy atom. The molecule has 0 aliphatic carbocycles. The zero-order valence-corrected chi connectivity index (χ0v) is 35.5. The van der Waals surface area contributed by atoms with E-state index in [1.54, 1.807) is 0 Å². The van der Waals surface area contributed by atoms with E-state index in [0.717, 1.165) is 98.9 Å². The second kappa shape index (κ2) is 14.6. The Bertz CT molecular complexity index is 4140. The standard InChI is InChI=1S/C60H36N6/c61-37-40-35-57(66-51-26-14-12-24-47(51)48-30-33-55-59(60(48)66)49-25-13-15-27-52(49)64(55)44-21-8-3-9-22-44)41(38-62)34-56(40)65-53-32-29-45(63(42-17-4-1-5-18-42)43-19-6-2-7-20-43)36-50(53)58-46-23-11-10-16-39(46)28-31-54(58)65/h1-36H. The first-order valence-corrected chi connectivity index (χ1v) is 22.1. The van der Waals surface area contributed by atoms with Crippen molar-refractivity contribution in [1.29, 1.82) is 10.5 Å². The smallest absolute Gasteiger partial charge is 0.101 e. The Hall–Kier alpha value is -9.36. The van der Waals surface area contributed by atoms with Gasteiger partial charge in [-0.25, -0.2) is 0 Å². The van der Waals surface area contributed by atoms with E-state index in [9.17, 15) is 10.5 Å². The number of fused-ring (bicyclic) bond motifs is 12. The Morgan fingerprint density at radius 2 is 0.848 bits per heavy atom. The van der Waals surface area contributed by atoms with Gasteiger partial charge in [-0.2, -0.15) is 10.5 Å². The van der Waals surface area contributed by atoms with Crippen LogP contribution in [0.4, 0.5) is 17.1 Å². The highest BCUT2D eigenvalue weighted by atomic mass is 15.1.